The van der Waals surface area contributed by atoms with E-state index in [4.69, 9.17) is 0 Å². The summed E-state index contributed by atoms with van der Waals surface area (Å²) in [6.45, 7) is 4.52. The van der Waals surface area contributed by atoms with Crippen LogP contribution in [0.4, 0.5) is 0 Å². The molecule has 0 spiro atoms. The molecule has 1 radical (unpaired) electrons. The Labute approximate surface area is 57.1 Å². The van der Waals surface area contributed by atoms with Gasteiger partial charge in [-0.25, -0.2) is 0 Å². The van der Waals surface area contributed by atoms with Crippen molar-refractivity contribution >= 4 is 11.8 Å². The van der Waals surface area contributed by atoms with Crippen LogP contribution in [-0.4, -0.2) is 5.75 Å². The number of hydrogen-bond acceptors (Lipinski definition) is 1. The molecule has 8 heavy (non-hydrogen) atoms. The Kier molecular flexibility index (Phi) is 5.73. The number of rotatable bonds is 4. The van der Waals surface area contributed by atoms with Crippen molar-refractivity contribution in [2.45, 2.75) is 26.7 Å². The summed E-state index contributed by atoms with van der Waals surface area (Å²) in [5.74, 6) is 2.08. The predicted octanol–water partition coefficient (Wildman–Crippen LogP) is 2.95. The fraction of sp³-hybridized carbons (Fsp3) is 0.857. The van der Waals surface area contributed by atoms with Gasteiger partial charge in [-0.1, -0.05) is 20.3 Å². The molecule has 0 amide bonds. The van der Waals surface area contributed by atoms with Crippen LogP contribution in [0.5, 0.6) is 0 Å². The van der Waals surface area contributed by atoms with Gasteiger partial charge < -0.3 is 0 Å². The number of hydrogen-bond donors (Lipinski definition) is 0. The standard InChI is InChI=1S/C7H15S/c1-7(2)5-4-6-8-3/h7H,3-6H2,1-2H3. The lowest BCUT2D eigenvalue weighted by Gasteiger charge is -2.00. The zero-order valence-corrected chi connectivity index (χ0v) is 6.63. The molecular formula is C7H15S. The Bertz CT molecular complexity index is 41.7. The first-order valence-electron chi connectivity index (χ1n) is 3.14. The Morgan fingerprint density at radius 2 is 2.12 bits per heavy atom. The Balaban J connectivity index is 2.72. The third-order valence-corrected chi connectivity index (χ3v) is 1.65. The first-order valence-corrected chi connectivity index (χ1v) is 4.29. The molecule has 0 saturated heterocycles. The zero-order valence-electron chi connectivity index (χ0n) is 5.81. The highest BCUT2D eigenvalue weighted by atomic mass is 32.2. The van der Waals surface area contributed by atoms with E-state index in [0.717, 1.165) is 5.92 Å². The maximum Gasteiger partial charge on any atom is 0.00235 e. The SMILES string of the molecule is [CH2]SCCCC(C)C. The highest BCUT2D eigenvalue weighted by Crippen LogP contribution is 2.07. The van der Waals surface area contributed by atoms with Gasteiger partial charge in [-0.2, -0.15) is 11.8 Å². The van der Waals surface area contributed by atoms with Gasteiger partial charge in [-0.15, -0.1) is 0 Å². The fourth-order valence-corrected chi connectivity index (χ4v) is 0.964. The Hall–Kier alpha value is 0.350. The molecule has 0 aliphatic carbocycles. The van der Waals surface area contributed by atoms with E-state index in [9.17, 15) is 0 Å². The Morgan fingerprint density at radius 3 is 2.50 bits per heavy atom. The second-order valence-electron chi connectivity index (χ2n) is 2.44. The summed E-state index contributed by atoms with van der Waals surface area (Å²) in [6, 6.07) is 0. The van der Waals surface area contributed by atoms with Crippen molar-refractivity contribution in [3.8, 4) is 0 Å². The van der Waals surface area contributed by atoms with Crippen molar-refractivity contribution in [2.24, 2.45) is 5.92 Å². The van der Waals surface area contributed by atoms with E-state index in [1.807, 2.05) is 0 Å². The van der Waals surface area contributed by atoms with Crippen molar-refractivity contribution < 1.29 is 0 Å². The van der Waals surface area contributed by atoms with Crippen molar-refractivity contribution in [1.82, 2.24) is 0 Å². The monoisotopic (exact) mass is 131 g/mol. The van der Waals surface area contributed by atoms with Gasteiger partial charge in [0.05, 0.1) is 0 Å². The molecule has 0 aliphatic rings. The van der Waals surface area contributed by atoms with E-state index in [1.165, 1.54) is 18.6 Å². The van der Waals surface area contributed by atoms with Gasteiger partial charge in [-0.3, -0.25) is 0 Å². The summed E-state index contributed by atoms with van der Waals surface area (Å²) < 4.78 is 0. The second kappa shape index (κ2) is 5.49. The van der Waals surface area contributed by atoms with Crippen LogP contribution in [0.15, 0.2) is 0 Å². The number of thioether (sulfide) groups is 1. The summed E-state index contributed by atoms with van der Waals surface area (Å²) in [7, 11) is 0. The van der Waals surface area contributed by atoms with Gasteiger partial charge in [0.15, 0.2) is 0 Å². The molecule has 0 atom stereocenters. The van der Waals surface area contributed by atoms with Gasteiger partial charge in [-0.05, 0) is 18.1 Å². The zero-order chi connectivity index (χ0) is 6.41. The highest BCUT2D eigenvalue weighted by molar-refractivity contribution is 8.00. The lowest BCUT2D eigenvalue weighted by molar-refractivity contribution is 0.579. The van der Waals surface area contributed by atoms with E-state index in [2.05, 4.69) is 20.1 Å². The van der Waals surface area contributed by atoms with Crippen LogP contribution in [0, 0.1) is 12.2 Å². The molecule has 0 saturated carbocycles. The van der Waals surface area contributed by atoms with E-state index in [1.54, 1.807) is 11.8 Å². The molecule has 49 valence electrons. The molecule has 0 bridgehead atoms. The normalized spacial score (nSPS) is 10.5. The van der Waals surface area contributed by atoms with E-state index in [0.29, 0.717) is 0 Å². The lowest BCUT2D eigenvalue weighted by atomic mass is 10.1. The van der Waals surface area contributed by atoms with Gasteiger partial charge >= 0.3 is 0 Å². The lowest BCUT2D eigenvalue weighted by Crippen LogP contribution is -1.87. The average molecular weight is 131 g/mol. The highest BCUT2D eigenvalue weighted by Gasteiger charge is 1.90. The molecule has 0 nitrogen and oxygen atoms in total. The van der Waals surface area contributed by atoms with Crippen molar-refractivity contribution in [2.75, 3.05) is 5.75 Å². The van der Waals surface area contributed by atoms with E-state index in [-0.39, 0.29) is 0 Å². The van der Waals surface area contributed by atoms with Crippen molar-refractivity contribution in [3.05, 3.63) is 6.26 Å². The molecule has 0 aliphatic heterocycles. The molecule has 0 N–H and O–H groups in total. The molecular weight excluding hydrogens is 116 g/mol. The van der Waals surface area contributed by atoms with Crippen LogP contribution in [0.2, 0.25) is 0 Å². The topological polar surface area (TPSA) is 0 Å². The van der Waals surface area contributed by atoms with Crippen molar-refractivity contribution in [1.29, 1.82) is 0 Å². The molecule has 0 aromatic carbocycles. The third kappa shape index (κ3) is 6.35. The predicted molar refractivity (Wildman–Crippen MR) is 41.9 cm³/mol. The van der Waals surface area contributed by atoms with Crippen molar-refractivity contribution in [3.63, 3.8) is 0 Å². The maximum atomic E-state index is 3.70. The van der Waals surface area contributed by atoms with Gasteiger partial charge in [0.25, 0.3) is 0 Å². The first-order chi connectivity index (χ1) is 3.77. The first kappa shape index (κ1) is 8.35. The Morgan fingerprint density at radius 1 is 1.50 bits per heavy atom. The minimum Gasteiger partial charge on any atom is -0.161 e. The summed E-state index contributed by atoms with van der Waals surface area (Å²) in [6.07, 6.45) is 6.37. The summed E-state index contributed by atoms with van der Waals surface area (Å²) in [4.78, 5) is 0. The molecule has 0 rings (SSSR count). The van der Waals surface area contributed by atoms with Crippen LogP contribution in [0.1, 0.15) is 26.7 Å². The van der Waals surface area contributed by atoms with Gasteiger partial charge in [0, 0.05) is 6.26 Å². The smallest absolute Gasteiger partial charge is 0.00235 e. The van der Waals surface area contributed by atoms with Crippen LogP contribution < -0.4 is 0 Å². The minimum atomic E-state index is 0.863. The minimum absolute atomic E-state index is 0.863. The third-order valence-electron chi connectivity index (χ3n) is 1.07. The average Bonchev–Trinajstić information content (AvgIpc) is 1.66. The van der Waals surface area contributed by atoms with E-state index < -0.39 is 0 Å². The summed E-state index contributed by atoms with van der Waals surface area (Å²) in [5, 5.41) is 0. The fourth-order valence-electron chi connectivity index (χ4n) is 0.594. The van der Waals surface area contributed by atoms with Gasteiger partial charge in [0.1, 0.15) is 0 Å². The molecule has 0 aromatic heterocycles. The van der Waals surface area contributed by atoms with E-state index >= 15 is 0 Å². The summed E-state index contributed by atoms with van der Waals surface area (Å²) >= 11 is 1.69. The van der Waals surface area contributed by atoms with Crippen LogP contribution >= 0.6 is 11.8 Å². The van der Waals surface area contributed by atoms with Crippen LogP contribution in [-0.2, 0) is 0 Å². The second-order valence-corrected chi connectivity index (χ2v) is 3.26. The molecule has 0 aromatic rings. The van der Waals surface area contributed by atoms with Crippen LogP contribution in [0.25, 0.3) is 0 Å². The molecule has 1 heteroatoms. The molecule has 0 fully saturated rings. The summed E-state index contributed by atoms with van der Waals surface area (Å²) in [5.41, 5.74) is 0. The largest absolute Gasteiger partial charge is 0.161 e. The van der Waals surface area contributed by atoms with Gasteiger partial charge in [0.2, 0.25) is 0 Å². The van der Waals surface area contributed by atoms with Crippen LogP contribution in [0.3, 0.4) is 0 Å². The molecule has 0 unspecified atom stereocenters. The quantitative estimate of drug-likeness (QED) is 0.529. The maximum absolute atomic E-state index is 3.70. The molecule has 0 heterocycles.